The summed E-state index contributed by atoms with van der Waals surface area (Å²) in [6.07, 6.45) is 1.57. The summed E-state index contributed by atoms with van der Waals surface area (Å²) in [4.78, 5) is 13.4. The summed E-state index contributed by atoms with van der Waals surface area (Å²) < 4.78 is 17.5. The maximum atomic E-state index is 12.6. The topological polar surface area (TPSA) is 99.9 Å². The Balaban J connectivity index is 1.45. The van der Waals surface area contributed by atoms with Crippen molar-refractivity contribution >= 4 is 22.2 Å². The van der Waals surface area contributed by atoms with Gasteiger partial charge in [0.25, 0.3) is 5.91 Å². The van der Waals surface area contributed by atoms with Gasteiger partial charge in [0.1, 0.15) is 11.3 Å². The number of amides is 1. The number of fused-ring (bicyclic) bond motifs is 1. The molecule has 0 aliphatic heterocycles. The molecule has 0 atom stereocenters. The van der Waals surface area contributed by atoms with Gasteiger partial charge in [0, 0.05) is 17.7 Å². The molecule has 1 N–H and O–H groups in total. The molecule has 9 nitrogen and oxygen atoms in total. The molecule has 0 saturated heterocycles. The Morgan fingerprint density at radius 3 is 2.37 bits per heavy atom. The molecule has 1 amide bonds. The first kappa shape index (κ1) is 19.6. The molecule has 0 spiro atoms. The van der Waals surface area contributed by atoms with E-state index in [0.29, 0.717) is 29.4 Å². The summed E-state index contributed by atoms with van der Waals surface area (Å²) in [5, 5.41) is 16.0. The second-order valence-corrected chi connectivity index (χ2v) is 7.21. The monoisotopic (exact) mass is 425 g/mol. The van der Waals surface area contributed by atoms with Crippen LogP contribution in [0.2, 0.25) is 0 Å². The van der Waals surface area contributed by atoms with Gasteiger partial charge in [0.05, 0.1) is 21.3 Å². The van der Waals surface area contributed by atoms with Gasteiger partial charge < -0.3 is 19.5 Å². The molecule has 2 aromatic carbocycles. The number of benzene rings is 2. The first-order chi connectivity index (χ1) is 14.6. The fourth-order valence-corrected chi connectivity index (χ4v) is 3.76. The molecule has 2 aromatic heterocycles. The number of hydrogen-bond donors (Lipinski definition) is 1. The molecule has 0 unspecified atom stereocenters. The van der Waals surface area contributed by atoms with Crippen LogP contribution < -0.4 is 19.5 Å². The number of carbonyl (C=O) groups excluding carboxylic acids is 1. The zero-order valence-electron chi connectivity index (χ0n) is 16.6. The fourth-order valence-electron chi connectivity index (χ4n) is 2.94. The quantitative estimate of drug-likeness (QED) is 0.486. The van der Waals surface area contributed by atoms with Crippen LogP contribution in [0.1, 0.15) is 15.9 Å². The molecule has 10 heteroatoms. The molecule has 4 aromatic rings. The normalized spacial score (nSPS) is 10.8. The van der Waals surface area contributed by atoms with E-state index in [2.05, 4.69) is 20.6 Å². The fraction of sp³-hybridized carbons (Fsp3) is 0.200. The third kappa shape index (κ3) is 3.77. The van der Waals surface area contributed by atoms with Gasteiger partial charge in [-0.3, -0.25) is 4.79 Å². The SMILES string of the molecule is COc1cc(C(=O)NCc2ccc(-c3nn4cnnc4s3)cc2)cc(OC)c1OC. The first-order valence-electron chi connectivity index (χ1n) is 8.97. The van der Waals surface area contributed by atoms with Crippen molar-refractivity contribution in [2.45, 2.75) is 6.54 Å². The summed E-state index contributed by atoms with van der Waals surface area (Å²) in [6, 6.07) is 11.1. The maximum Gasteiger partial charge on any atom is 0.251 e. The van der Waals surface area contributed by atoms with Crippen LogP contribution in [-0.4, -0.2) is 47.0 Å². The van der Waals surface area contributed by atoms with Crippen molar-refractivity contribution < 1.29 is 19.0 Å². The van der Waals surface area contributed by atoms with Gasteiger partial charge >= 0.3 is 0 Å². The highest BCUT2D eigenvalue weighted by molar-refractivity contribution is 7.19. The van der Waals surface area contributed by atoms with Crippen LogP contribution in [0, 0.1) is 0 Å². The molecule has 0 saturated carbocycles. The molecule has 2 heterocycles. The van der Waals surface area contributed by atoms with E-state index in [9.17, 15) is 4.79 Å². The zero-order chi connectivity index (χ0) is 21.1. The molecule has 0 fully saturated rings. The Bertz CT molecular complexity index is 1130. The zero-order valence-corrected chi connectivity index (χ0v) is 17.4. The lowest BCUT2D eigenvalue weighted by Gasteiger charge is -2.14. The van der Waals surface area contributed by atoms with Crippen LogP contribution in [0.3, 0.4) is 0 Å². The smallest absolute Gasteiger partial charge is 0.251 e. The summed E-state index contributed by atoms with van der Waals surface area (Å²) in [5.41, 5.74) is 2.36. The van der Waals surface area contributed by atoms with E-state index in [1.54, 1.807) is 23.0 Å². The van der Waals surface area contributed by atoms with Gasteiger partial charge in [-0.2, -0.15) is 9.61 Å². The van der Waals surface area contributed by atoms with Crippen molar-refractivity contribution in [3.63, 3.8) is 0 Å². The highest BCUT2D eigenvalue weighted by atomic mass is 32.1. The first-order valence-corrected chi connectivity index (χ1v) is 9.79. The summed E-state index contributed by atoms with van der Waals surface area (Å²) in [6.45, 7) is 0.376. The Morgan fingerprint density at radius 1 is 1.07 bits per heavy atom. The summed E-state index contributed by atoms with van der Waals surface area (Å²) in [5.74, 6) is 1.05. The number of ether oxygens (including phenoxy) is 3. The largest absolute Gasteiger partial charge is 0.493 e. The molecule has 30 heavy (non-hydrogen) atoms. The Labute approximate surface area is 176 Å². The second-order valence-electron chi connectivity index (χ2n) is 6.26. The number of nitrogens with one attached hydrogen (secondary N) is 1. The van der Waals surface area contributed by atoms with Crippen LogP contribution in [0.15, 0.2) is 42.7 Å². The van der Waals surface area contributed by atoms with Crippen molar-refractivity contribution in [3.8, 4) is 27.8 Å². The van der Waals surface area contributed by atoms with Gasteiger partial charge in [-0.05, 0) is 17.7 Å². The summed E-state index contributed by atoms with van der Waals surface area (Å²) >= 11 is 1.46. The average molecular weight is 425 g/mol. The van der Waals surface area contributed by atoms with E-state index in [0.717, 1.165) is 21.1 Å². The van der Waals surface area contributed by atoms with E-state index < -0.39 is 0 Å². The summed E-state index contributed by atoms with van der Waals surface area (Å²) in [7, 11) is 4.54. The molecule has 0 aliphatic rings. The minimum atomic E-state index is -0.244. The Hall–Kier alpha value is -3.66. The van der Waals surface area contributed by atoms with Gasteiger partial charge in [-0.1, -0.05) is 35.6 Å². The van der Waals surface area contributed by atoms with Gasteiger partial charge in [-0.15, -0.1) is 10.2 Å². The van der Waals surface area contributed by atoms with E-state index in [4.69, 9.17) is 14.2 Å². The Morgan fingerprint density at radius 2 is 1.77 bits per heavy atom. The van der Waals surface area contributed by atoms with Crippen molar-refractivity contribution in [1.82, 2.24) is 25.1 Å². The molecule has 0 bridgehead atoms. The van der Waals surface area contributed by atoms with Crippen molar-refractivity contribution in [2.24, 2.45) is 0 Å². The van der Waals surface area contributed by atoms with Crippen LogP contribution >= 0.6 is 11.3 Å². The molecule has 4 rings (SSSR count). The molecular formula is C20H19N5O4S. The number of rotatable bonds is 7. The highest BCUT2D eigenvalue weighted by Crippen LogP contribution is 2.38. The number of aromatic nitrogens is 4. The van der Waals surface area contributed by atoms with Crippen LogP contribution in [0.4, 0.5) is 0 Å². The van der Waals surface area contributed by atoms with E-state index in [1.807, 2.05) is 24.3 Å². The standard InChI is InChI=1S/C20H19N5O4S/c1-27-15-8-14(9-16(28-2)17(15)29-3)18(26)21-10-12-4-6-13(7-5-12)19-24-25-11-22-23-20(25)30-19/h4-9,11H,10H2,1-3H3,(H,21,26). The number of nitrogens with zero attached hydrogens (tertiary/aromatic N) is 4. The average Bonchev–Trinajstić information content (AvgIpc) is 3.39. The van der Waals surface area contributed by atoms with Gasteiger partial charge in [0.2, 0.25) is 10.7 Å². The third-order valence-corrected chi connectivity index (χ3v) is 5.43. The minimum Gasteiger partial charge on any atom is -0.493 e. The predicted octanol–water partition coefficient (Wildman–Crippen LogP) is 2.81. The molecule has 0 radical (unpaired) electrons. The van der Waals surface area contributed by atoms with Crippen molar-refractivity contribution in [1.29, 1.82) is 0 Å². The number of carbonyl (C=O) groups is 1. The maximum absolute atomic E-state index is 12.6. The van der Waals surface area contributed by atoms with Crippen LogP contribution in [0.25, 0.3) is 15.5 Å². The lowest BCUT2D eigenvalue weighted by Crippen LogP contribution is -2.22. The Kier molecular flexibility index (Phi) is 5.48. The van der Waals surface area contributed by atoms with E-state index in [-0.39, 0.29) is 5.91 Å². The predicted molar refractivity (Wildman–Crippen MR) is 111 cm³/mol. The lowest BCUT2D eigenvalue weighted by atomic mass is 10.1. The second kappa shape index (κ2) is 8.37. The number of methoxy groups -OCH3 is 3. The van der Waals surface area contributed by atoms with Gasteiger partial charge in [-0.25, -0.2) is 0 Å². The highest BCUT2D eigenvalue weighted by Gasteiger charge is 2.17. The lowest BCUT2D eigenvalue weighted by molar-refractivity contribution is 0.0950. The van der Waals surface area contributed by atoms with Gasteiger partial charge in [0.15, 0.2) is 11.5 Å². The number of hydrogen-bond acceptors (Lipinski definition) is 8. The van der Waals surface area contributed by atoms with Crippen molar-refractivity contribution in [2.75, 3.05) is 21.3 Å². The van der Waals surface area contributed by atoms with Crippen LogP contribution in [0.5, 0.6) is 17.2 Å². The third-order valence-electron chi connectivity index (χ3n) is 4.47. The van der Waals surface area contributed by atoms with Crippen molar-refractivity contribution in [3.05, 3.63) is 53.9 Å². The molecule has 0 aliphatic carbocycles. The van der Waals surface area contributed by atoms with Crippen LogP contribution in [-0.2, 0) is 6.54 Å². The minimum absolute atomic E-state index is 0.244. The molecule has 154 valence electrons. The van der Waals surface area contributed by atoms with E-state index >= 15 is 0 Å². The van der Waals surface area contributed by atoms with E-state index in [1.165, 1.54) is 32.7 Å². The molecular weight excluding hydrogens is 406 g/mol.